The molecule has 0 unspecified atom stereocenters. The molecule has 1 aliphatic rings. The number of benzene rings is 2. The van der Waals surface area contributed by atoms with Crippen molar-refractivity contribution in [3.63, 3.8) is 0 Å². The van der Waals surface area contributed by atoms with E-state index in [0.29, 0.717) is 16.9 Å². The summed E-state index contributed by atoms with van der Waals surface area (Å²) in [5, 5.41) is 0.716. The van der Waals surface area contributed by atoms with E-state index in [1.54, 1.807) is 48.5 Å². The summed E-state index contributed by atoms with van der Waals surface area (Å²) in [6.07, 6.45) is 0.293. The number of fused-ring (bicyclic) bond motifs is 2. The number of hydrogen-bond acceptors (Lipinski definition) is 6. The number of ether oxygens (including phenoxy) is 3. The topological polar surface area (TPSA) is 95.9 Å². The summed E-state index contributed by atoms with van der Waals surface area (Å²) < 4.78 is 16.9. The van der Waals surface area contributed by atoms with Crippen LogP contribution in [0.1, 0.15) is 10.4 Å². The molecule has 2 aromatic carbocycles. The van der Waals surface area contributed by atoms with Crippen LogP contribution in [0.5, 0.6) is 11.5 Å². The van der Waals surface area contributed by atoms with Crippen LogP contribution in [0.4, 0.5) is 0 Å². The molecule has 28 heavy (non-hydrogen) atoms. The van der Waals surface area contributed by atoms with Gasteiger partial charge in [0.25, 0.3) is 11.5 Å². The second kappa shape index (κ2) is 7.07. The second-order valence-corrected chi connectivity index (χ2v) is 6.10. The largest absolute Gasteiger partial charge is 0.485 e. The number of methoxy groups -OCH3 is 1. The highest BCUT2D eigenvalue weighted by Gasteiger charge is 2.28. The van der Waals surface area contributed by atoms with Gasteiger partial charge in [-0.25, -0.2) is 9.47 Å². The van der Waals surface area contributed by atoms with Gasteiger partial charge in [-0.05, 0) is 18.2 Å². The zero-order valence-electron chi connectivity index (χ0n) is 14.9. The molecule has 0 bridgehead atoms. The third-order valence-corrected chi connectivity index (χ3v) is 4.36. The molecule has 0 fully saturated rings. The first-order valence-corrected chi connectivity index (χ1v) is 8.50. The van der Waals surface area contributed by atoms with Crippen LogP contribution in [0.15, 0.2) is 59.5 Å². The zero-order valence-corrected chi connectivity index (χ0v) is 14.9. The minimum atomic E-state index is -0.949. The monoisotopic (exact) mass is 380 g/mol. The number of carbonyl (C=O) groups excluding carboxylic acids is 2. The van der Waals surface area contributed by atoms with E-state index in [1.807, 2.05) is 0 Å². The van der Waals surface area contributed by atoms with Gasteiger partial charge in [-0.3, -0.25) is 15.0 Å². The van der Waals surface area contributed by atoms with Crippen molar-refractivity contribution >= 4 is 22.6 Å². The molecule has 1 N–H and O–H groups in total. The summed E-state index contributed by atoms with van der Waals surface area (Å²) in [7, 11) is 1.25. The Kier molecular flexibility index (Phi) is 4.44. The molecule has 142 valence electrons. The molecule has 1 aliphatic heterocycles. The Morgan fingerprint density at radius 3 is 2.50 bits per heavy atom. The maximum absolute atomic E-state index is 12.7. The maximum Gasteiger partial charge on any atom is 0.340 e. The average Bonchev–Trinajstić information content (AvgIpc) is 2.74. The molecule has 4 rings (SSSR count). The summed E-state index contributed by atoms with van der Waals surface area (Å²) in [6.45, 7) is -0.00492. The molecule has 8 nitrogen and oxygen atoms in total. The molecule has 0 aliphatic carbocycles. The third-order valence-electron chi connectivity index (χ3n) is 4.36. The number of hydrogen-bond donors (Lipinski definition) is 1. The summed E-state index contributed by atoms with van der Waals surface area (Å²) in [5.41, 5.74) is 2.15. The van der Waals surface area contributed by atoms with Gasteiger partial charge in [-0.15, -0.1) is 0 Å². The Morgan fingerprint density at radius 1 is 1.07 bits per heavy atom. The summed E-state index contributed by atoms with van der Waals surface area (Å²) in [6, 6.07) is 13.6. The SMILES string of the molecule is COC(=O)c1cn(NC(=O)[C@H]2COc3ccccc3O2)c(=O)c2ccccc12. The van der Waals surface area contributed by atoms with Crippen molar-refractivity contribution in [2.75, 3.05) is 19.1 Å². The molecule has 1 atom stereocenters. The summed E-state index contributed by atoms with van der Waals surface area (Å²) in [5.74, 6) is -0.217. The molecule has 0 radical (unpaired) electrons. The fraction of sp³-hybridized carbons (Fsp3) is 0.150. The van der Waals surface area contributed by atoms with E-state index in [0.717, 1.165) is 4.68 Å². The van der Waals surface area contributed by atoms with Crippen LogP contribution in [0.3, 0.4) is 0 Å². The van der Waals surface area contributed by atoms with Gasteiger partial charge in [0.1, 0.15) is 6.61 Å². The van der Waals surface area contributed by atoms with Crippen molar-refractivity contribution in [1.82, 2.24) is 4.68 Å². The molecule has 0 saturated heterocycles. The smallest absolute Gasteiger partial charge is 0.340 e. The minimum Gasteiger partial charge on any atom is -0.485 e. The van der Waals surface area contributed by atoms with E-state index >= 15 is 0 Å². The van der Waals surface area contributed by atoms with Gasteiger partial charge >= 0.3 is 5.97 Å². The highest BCUT2D eigenvalue weighted by Crippen LogP contribution is 2.30. The highest BCUT2D eigenvalue weighted by atomic mass is 16.6. The molecule has 1 aromatic heterocycles. The predicted octanol–water partition coefficient (Wildman–Crippen LogP) is 1.70. The van der Waals surface area contributed by atoms with Gasteiger partial charge in [0.2, 0.25) is 6.10 Å². The van der Waals surface area contributed by atoms with E-state index in [9.17, 15) is 14.4 Å². The lowest BCUT2D eigenvalue weighted by Gasteiger charge is -2.25. The van der Waals surface area contributed by atoms with Crippen LogP contribution in [0, 0.1) is 0 Å². The van der Waals surface area contributed by atoms with Gasteiger partial charge in [0.15, 0.2) is 11.5 Å². The molecule has 0 saturated carbocycles. The molecular weight excluding hydrogens is 364 g/mol. The fourth-order valence-electron chi connectivity index (χ4n) is 2.99. The van der Waals surface area contributed by atoms with Crippen molar-refractivity contribution in [2.45, 2.75) is 6.10 Å². The molecule has 2 heterocycles. The van der Waals surface area contributed by atoms with Crippen LogP contribution < -0.4 is 20.5 Å². The van der Waals surface area contributed by atoms with Crippen molar-refractivity contribution in [1.29, 1.82) is 0 Å². The van der Waals surface area contributed by atoms with Crippen molar-refractivity contribution < 1.29 is 23.8 Å². The minimum absolute atomic E-state index is 0.00492. The molecule has 8 heteroatoms. The van der Waals surface area contributed by atoms with Crippen molar-refractivity contribution in [2.24, 2.45) is 0 Å². The van der Waals surface area contributed by atoms with Gasteiger partial charge in [-0.1, -0.05) is 30.3 Å². The number of amides is 1. The van der Waals surface area contributed by atoms with E-state index < -0.39 is 23.5 Å². The predicted molar refractivity (Wildman–Crippen MR) is 100 cm³/mol. The number of esters is 1. The number of carbonyl (C=O) groups is 2. The van der Waals surface area contributed by atoms with Crippen LogP contribution in [-0.4, -0.2) is 36.4 Å². The lowest BCUT2D eigenvalue weighted by molar-refractivity contribution is -0.126. The summed E-state index contributed by atoms with van der Waals surface area (Å²) >= 11 is 0. The first-order valence-electron chi connectivity index (χ1n) is 8.50. The first kappa shape index (κ1) is 17.6. The first-order chi connectivity index (χ1) is 13.6. The highest BCUT2D eigenvalue weighted by molar-refractivity contribution is 6.04. The number of aromatic nitrogens is 1. The Hall–Kier alpha value is -3.81. The quantitative estimate of drug-likeness (QED) is 0.695. The molecule has 0 spiro atoms. The fourth-order valence-corrected chi connectivity index (χ4v) is 2.99. The maximum atomic E-state index is 12.7. The standard InChI is InChI=1S/C20H16N2O6/c1-26-20(25)14-10-22(19(24)13-7-3-2-6-12(13)14)21-18(23)17-11-27-15-8-4-5-9-16(15)28-17/h2-10,17H,11H2,1H3,(H,21,23)/t17-/m1/s1. The number of para-hydroxylation sites is 2. The Balaban J connectivity index is 1.66. The van der Waals surface area contributed by atoms with Crippen molar-refractivity contribution in [3.05, 3.63) is 70.6 Å². The Labute approximate surface area is 159 Å². The van der Waals surface area contributed by atoms with Crippen LogP contribution in [0.2, 0.25) is 0 Å². The Bertz CT molecular complexity index is 1140. The van der Waals surface area contributed by atoms with E-state index in [-0.39, 0.29) is 17.6 Å². The van der Waals surface area contributed by atoms with Crippen molar-refractivity contribution in [3.8, 4) is 11.5 Å². The van der Waals surface area contributed by atoms with E-state index in [2.05, 4.69) is 5.43 Å². The van der Waals surface area contributed by atoms with E-state index in [1.165, 1.54) is 13.3 Å². The molecule has 1 amide bonds. The van der Waals surface area contributed by atoms with Crippen LogP contribution >= 0.6 is 0 Å². The average molecular weight is 380 g/mol. The van der Waals surface area contributed by atoms with E-state index in [4.69, 9.17) is 14.2 Å². The molecular formula is C20H16N2O6. The number of nitrogens with one attached hydrogen (secondary N) is 1. The van der Waals surface area contributed by atoms with Gasteiger partial charge < -0.3 is 14.2 Å². The number of rotatable bonds is 3. The lowest BCUT2D eigenvalue weighted by Crippen LogP contribution is -2.45. The van der Waals surface area contributed by atoms with Gasteiger partial charge in [-0.2, -0.15) is 0 Å². The summed E-state index contributed by atoms with van der Waals surface area (Å²) in [4.78, 5) is 37.5. The van der Waals surface area contributed by atoms with Crippen LogP contribution in [0.25, 0.3) is 10.8 Å². The molecule has 3 aromatic rings. The zero-order chi connectivity index (χ0) is 19.7. The third kappa shape index (κ3) is 3.05. The van der Waals surface area contributed by atoms with Gasteiger partial charge in [0.05, 0.1) is 12.7 Å². The Morgan fingerprint density at radius 2 is 1.75 bits per heavy atom. The van der Waals surface area contributed by atoms with Gasteiger partial charge in [0, 0.05) is 17.0 Å². The van der Waals surface area contributed by atoms with Crippen LogP contribution in [-0.2, 0) is 9.53 Å². The second-order valence-electron chi connectivity index (χ2n) is 6.10. The lowest BCUT2D eigenvalue weighted by atomic mass is 10.1. The number of pyridine rings is 1. The normalized spacial score (nSPS) is 15.1. The number of nitrogens with zero attached hydrogens (tertiary/aromatic N) is 1.